The summed E-state index contributed by atoms with van der Waals surface area (Å²) in [6, 6.07) is 0.470. The molecule has 0 amide bonds. The topological polar surface area (TPSA) is 77.9 Å². The minimum absolute atomic E-state index is 0. The Kier molecular flexibility index (Phi) is 4.50. The fourth-order valence-corrected chi connectivity index (χ4v) is 1.27. The van der Waals surface area contributed by atoms with E-state index >= 15 is 0 Å². The predicted octanol–water partition coefficient (Wildman–Crippen LogP) is -3.19. The summed E-state index contributed by atoms with van der Waals surface area (Å²) in [7, 11) is 0. The zero-order valence-corrected chi connectivity index (χ0v) is 10.6. The number of carbonyl (C=O) groups excluding carboxylic acids is 1. The predicted molar refractivity (Wildman–Crippen MR) is 47.6 cm³/mol. The maximum atomic E-state index is 10.4. The van der Waals surface area contributed by atoms with Crippen molar-refractivity contribution in [2.45, 2.75) is 25.3 Å². The first-order valence-corrected chi connectivity index (χ1v) is 4.55. The van der Waals surface area contributed by atoms with Gasteiger partial charge in [-0.2, -0.15) is 0 Å². The van der Waals surface area contributed by atoms with Crippen LogP contribution in [-0.2, 0) is 0 Å². The molecule has 0 unspecified atom stereocenters. The molecule has 6 heteroatoms. The third-order valence-corrected chi connectivity index (χ3v) is 2.32. The Balaban J connectivity index is 0.00000112. The first-order valence-electron chi connectivity index (χ1n) is 4.55. The smallest absolute Gasteiger partial charge is 0.543 e. The zero-order chi connectivity index (χ0) is 9.97. The van der Waals surface area contributed by atoms with Crippen LogP contribution >= 0.6 is 0 Å². The molecular formula is C9H10N3NaO2. The van der Waals surface area contributed by atoms with Gasteiger partial charge in [-0.25, -0.2) is 9.97 Å². The van der Waals surface area contributed by atoms with Crippen molar-refractivity contribution in [3.8, 4) is 0 Å². The number of anilines is 1. The number of carboxylic acid groups (broad SMARTS) is 1. The summed E-state index contributed by atoms with van der Waals surface area (Å²) in [4.78, 5) is 18.0. The Bertz CT molecular complexity index is 338. The summed E-state index contributed by atoms with van der Waals surface area (Å²) in [5.41, 5.74) is -0.135. The standard InChI is InChI=1S/C9H11N3O2.Na/c13-9(14)7-4-11-8(5-10-7)12-6-2-1-3-6;/h4-6H,1-3H2,(H,11,12)(H,13,14);/q;+1/p-1. The number of aromatic nitrogens is 2. The number of carboxylic acids is 1. The van der Waals surface area contributed by atoms with E-state index < -0.39 is 5.97 Å². The maximum Gasteiger partial charge on any atom is 1.00 e. The minimum atomic E-state index is -1.30. The van der Waals surface area contributed by atoms with Crippen LogP contribution in [0.5, 0.6) is 0 Å². The van der Waals surface area contributed by atoms with Crippen LogP contribution in [0.4, 0.5) is 5.82 Å². The van der Waals surface area contributed by atoms with Gasteiger partial charge in [-0.15, -0.1) is 0 Å². The zero-order valence-electron chi connectivity index (χ0n) is 8.56. The molecule has 0 bridgehead atoms. The van der Waals surface area contributed by atoms with E-state index in [9.17, 15) is 9.90 Å². The minimum Gasteiger partial charge on any atom is -0.543 e. The molecule has 1 aromatic rings. The first kappa shape index (κ1) is 12.4. The number of rotatable bonds is 3. The Morgan fingerprint density at radius 2 is 2.13 bits per heavy atom. The molecule has 74 valence electrons. The molecule has 1 saturated carbocycles. The summed E-state index contributed by atoms with van der Waals surface area (Å²) in [6.07, 6.45) is 6.15. The van der Waals surface area contributed by atoms with E-state index in [1.165, 1.54) is 18.8 Å². The second-order valence-corrected chi connectivity index (χ2v) is 3.35. The summed E-state index contributed by atoms with van der Waals surface area (Å²) in [6.45, 7) is 0. The van der Waals surface area contributed by atoms with Crippen LogP contribution in [0.3, 0.4) is 0 Å². The first-order chi connectivity index (χ1) is 6.75. The van der Waals surface area contributed by atoms with Gasteiger partial charge >= 0.3 is 29.6 Å². The number of aromatic carboxylic acids is 1. The van der Waals surface area contributed by atoms with Gasteiger partial charge in [0.15, 0.2) is 0 Å². The fourth-order valence-electron chi connectivity index (χ4n) is 1.27. The SMILES string of the molecule is O=C([O-])c1cnc(NC2CCC2)cn1.[Na+]. The largest absolute Gasteiger partial charge is 1.00 e. The van der Waals surface area contributed by atoms with E-state index in [0.717, 1.165) is 12.8 Å². The average molecular weight is 215 g/mol. The molecule has 1 aliphatic carbocycles. The molecule has 2 rings (SSSR count). The molecule has 0 spiro atoms. The van der Waals surface area contributed by atoms with Gasteiger partial charge in [0.2, 0.25) is 0 Å². The summed E-state index contributed by atoms with van der Waals surface area (Å²) >= 11 is 0. The average Bonchev–Trinajstić information content (AvgIpc) is 2.12. The third-order valence-electron chi connectivity index (χ3n) is 2.32. The van der Waals surface area contributed by atoms with E-state index in [0.29, 0.717) is 11.9 Å². The normalized spacial score (nSPS) is 14.9. The monoisotopic (exact) mass is 215 g/mol. The van der Waals surface area contributed by atoms with Crippen LogP contribution in [0.1, 0.15) is 29.8 Å². The number of hydrogen-bond donors (Lipinski definition) is 1. The fraction of sp³-hybridized carbons (Fsp3) is 0.444. The quantitative estimate of drug-likeness (QED) is 0.537. The molecule has 0 aliphatic heterocycles. The number of hydrogen-bond acceptors (Lipinski definition) is 5. The van der Waals surface area contributed by atoms with Gasteiger partial charge in [0.1, 0.15) is 11.5 Å². The van der Waals surface area contributed by atoms with E-state index in [2.05, 4.69) is 15.3 Å². The number of nitrogens with zero attached hydrogens (tertiary/aromatic N) is 2. The Hall–Kier alpha value is -0.650. The molecule has 0 aromatic carbocycles. The maximum absolute atomic E-state index is 10.4. The molecule has 5 nitrogen and oxygen atoms in total. The van der Waals surface area contributed by atoms with Crippen molar-refractivity contribution in [1.29, 1.82) is 0 Å². The Labute approximate surface area is 110 Å². The van der Waals surface area contributed by atoms with Crippen LogP contribution in [0.2, 0.25) is 0 Å². The molecular weight excluding hydrogens is 205 g/mol. The van der Waals surface area contributed by atoms with E-state index in [1.807, 2.05) is 0 Å². The van der Waals surface area contributed by atoms with Crippen molar-refractivity contribution in [1.82, 2.24) is 9.97 Å². The molecule has 1 heterocycles. The molecule has 15 heavy (non-hydrogen) atoms. The second-order valence-electron chi connectivity index (χ2n) is 3.35. The van der Waals surface area contributed by atoms with Gasteiger partial charge < -0.3 is 15.2 Å². The number of nitrogens with one attached hydrogen (secondary N) is 1. The molecule has 1 N–H and O–H groups in total. The Morgan fingerprint density at radius 1 is 1.40 bits per heavy atom. The van der Waals surface area contributed by atoms with Crippen molar-refractivity contribution in [2.75, 3.05) is 5.32 Å². The van der Waals surface area contributed by atoms with E-state index in [-0.39, 0.29) is 35.3 Å². The summed E-state index contributed by atoms with van der Waals surface area (Å²) in [5.74, 6) is -0.674. The van der Waals surface area contributed by atoms with Crippen molar-refractivity contribution in [2.24, 2.45) is 0 Å². The number of carbonyl (C=O) groups is 1. The van der Waals surface area contributed by atoms with Crippen LogP contribution < -0.4 is 40.0 Å². The van der Waals surface area contributed by atoms with Crippen molar-refractivity contribution in [3.63, 3.8) is 0 Å². The van der Waals surface area contributed by atoms with Gasteiger partial charge in [0.05, 0.1) is 18.4 Å². The second kappa shape index (κ2) is 5.44. The molecule has 0 atom stereocenters. The van der Waals surface area contributed by atoms with Gasteiger partial charge in [0, 0.05) is 6.04 Å². The van der Waals surface area contributed by atoms with Crippen LogP contribution in [0.25, 0.3) is 0 Å². The Morgan fingerprint density at radius 3 is 2.53 bits per heavy atom. The molecule has 1 aromatic heterocycles. The molecule has 1 fully saturated rings. The van der Waals surface area contributed by atoms with Gasteiger partial charge in [0.25, 0.3) is 0 Å². The van der Waals surface area contributed by atoms with Crippen molar-refractivity contribution in [3.05, 3.63) is 18.1 Å². The van der Waals surface area contributed by atoms with E-state index in [4.69, 9.17) is 0 Å². The molecule has 0 saturated heterocycles. The molecule has 0 radical (unpaired) electrons. The van der Waals surface area contributed by atoms with Gasteiger partial charge in [-0.05, 0) is 19.3 Å². The van der Waals surface area contributed by atoms with E-state index in [1.54, 1.807) is 0 Å². The van der Waals surface area contributed by atoms with Crippen LogP contribution in [0.15, 0.2) is 12.4 Å². The molecule has 1 aliphatic rings. The summed E-state index contributed by atoms with van der Waals surface area (Å²) in [5, 5.41) is 13.5. The van der Waals surface area contributed by atoms with Crippen LogP contribution in [0, 0.1) is 0 Å². The summed E-state index contributed by atoms with van der Waals surface area (Å²) < 4.78 is 0. The van der Waals surface area contributed by atoms with Crippen molar-refractivity contribution < 1.29 is 39.5 Å². The van der Waals surface area contributed by atoms with Gasteiger partial charge in [-0.1, -0.05) is 0 Å². The van der Waals surface area contributed by atoms with Crippen LogP contribution in [-0.4, -0.2) is 22.0 Å². The third kappa shape index (κ3) is 3.15. The van der Waals surface area contributed by atoms with Gasteiger partial charge in [-0.3, -0.25) is 0 Å². The van der Waals surface area contributed by atoms with Crippen molar-refractivity contribution >= 4 is 11.8 Å².